The summed E-state index contributed by atoms with van der Waals surface area (Å²) in [6.45, 7) is 4.72. The lowest BCUT2D eigenvalue weighted by atomic mass is 9.67. The maximum atomic E-state index is 12.1. The number of hydrogen-bond acceptors (Lipinski definition) is 6. The summed E-state index contributed by atoms with van der Waals surface area (Å²) in [4.78, 5) is 25.9. The van der Waals surface area contributed by atoms with Crippen LogP contribution in [0.25, 0.3) is 0 Å². The topological polar surface area (TPSA) is 57.2 Å². The van der Waals surface area contributed by atoms with E-state index in [2.05, 4.69) is 11.9 Å². The molecule has 20 heavy (non-hydrogen) atoms. The van der Waals surface area contributed by atoms with Gasteiger partial charge in [0, 0.05) is 18.4 Å². The van der Waals surface area contributed by atoms with Crippen molar-refractivity contribution in [1.82, 2.24) is 4.90 Å². The van der Waals surface area contributed by atoms with Crippen LogP contribution in [-0.2, 0) is 24.0 Å². The van der Waals surface area contributed by atoms with Crippen molar-refractivity contribution < 1.29 is 24.0 Å². The highest BCUT2D eigenvalue weighted by Gasteiger charge is 2.70. The van der Waals surface area contributed by atoms with Crippen LogP contribution in [0.4, 0.5) is 0 Å². The number of hydrogen-bond donors (Lipinski definition) is 0. The third-order valence-corrected chi connectivity index (χ3v) is 5.58. The molecule has 2 bridgehead atoms. The number of nitrogens with zero attached hydrogens (tertiary/aromatic N) is 1. The highest BCUT2D eigenvalue weighted by Crippen LogP contribution is 2.55. The van der Waals surface area contributed by atoms with Crippen molar-refractivity contribution in [3.05, 3.63) is 0 Å². The molecule has 0 N–H and O–H groups in total. The first kappa shape index (κ1) is 13.0. The van der Waals surface area contributed by atoms with Crippen LogP contribution in [0.2, 0.25) is 0 Å². The number of likely N-dealkylation sites (N-methyl/N-ethyl adjacent to an activating group) is 1. The normalized spacial score (nSPS) is 55.0. The molecule has 0 aliphatic carbocycles. The van der Waals surface area contributed by atoms with Crippen LogP contribution in [0.15, 0.2) is 0 Å². The Morgan fingerprint density at radius 2 is 2.10 bits per heavy atom. The van der Waals surface area contributed by atoms with Gasteiger partial charge in [0.1, 0.15) is 0 Å². The number of ether oxygens (including phenoxy) is 2. The standard InChI is InChI=1S/C14H21NO5/c1-8-9-5-7-15(3)10-4-6-13(2)18-12(17-11(8)16)14(9,10)20-19-13/h8-10,12H,4-7H2,1-3H3/t8-,9+,10-,12-,13-,14-/m1/s1. The number of carbonyl (C=O) groups is 1. The third kappa shape index (κ3) is 1.45. The molecular weight excluding hydrogens is 262 g/mol. The van der Waals surface area contributed by atoms with Gasteiger partial charge in [0.15, 0.2) is 5.60 Å². The van der Waals surface area contributed by atoms with Gasteiger partial charge >= 0.3 is 5.97 Å². The molecule has 6 nitrogen and oxygen atoms in total. The van der Waals surface area contributed by atoms with E-state index in [1.54, 1.807) is 0 Å². The first-order chi connectivity index (χ1) is 9.46. The maximum Gasteiger partial charge on any atom is 0.311 e. The van der Waals surface area contributed by atoms with Crippen LogP contribution in [0.3, 0.4) is 0 Å². The average Bonchev–Trinajstić information content (AvgIpc) is 2.63. The second-order valence-corrected chi connectivity index (χ2v) is 6.76. The van der Waals surface area contributed by atoms with Crippen LogP contribution in [0.5, 0.6) is 0 Å². The third-order valence-electron chi connectivity index (χ3n) is 5.58. The molecular formula is C14H21NO5. The Morgan fingerprint density at radius 1 is 1.30 bits per heavy atom. The van der Waals surface area contributed by atoms with Crippen molar-refractivity contribution >= 4 is 5.97 Å². The van der Waals surface area contributed by atoms with Crippen LogP contribution in [0, 0.1) is 11.8 Å². The first-order valence-electron chi connectivity index (χ1n) is 7.42. The minimum atomic E-state index is -0.820. The summed E-state index contributed by atoms with van der Waals surface area (Å²) in [7, 11) is 2.10. The fourth-order valence-electron chi connectivity index (χ4n) is 4.38. The van der Waals surface area contributed by atoms with Crippen LogP contribution >= 0.6 is 0 Å². The first-order valence-corrected chi connectivity index (χ1v) is 7.42. The minimum Gasteiger partial charge on any atom is -0.432 e. The summed E-state index contributed by atoms with van der Waals surface area (Å²) < 4.78 is 11.5. The van der Waals surface area contributed by atoms with Crippen molar-refractivity contribution in [2.75, 3.05) is 13.6 Å². The number of esters is 1. The molecule has 0 aromatic carbocycles. The molecule has 0 aromatic rings. The molecule has 0 aromatic heterocycles. The van der Waals surface area contributed by atoms with E-state index in [-0.39, 0.29) is 23.8 Å². The number of rotatable bonds is 0. The van der Waals surface area contributed by atoms with Gasteiger partial charge in [0.05, 0.1) is 5.92 Å². The van der Waals surface area contributed by atoms with E-state index < -0.39 is 17.7 Å². The Kier molecular flexibility index (Phi) is 2.56. The largest absolute Gasteiger partial charge is 0.432 e. The second-order valence-electron chi connectivity index (χ2n) is 6.76. The highest BCUT2D eigenvalue weighted by molar-refractivity contribution is 5.74. The molecule has 5 heterocycles. The summed E-state index contributed by atoms with van der Waals surface area (Å²) in [5, 5.41) is 0. The van der Waals surface area contributed by atoms with Crippen LogP contribution < -0.4 is 0 Å². The number of carbonyl (C=O) groups excluding carboxylic acids is 1. The van der Waals surface area contributed by atoms with Gasteiger partial charge < -0.3 is 14.4 Å². The molecule has 5 fully saturated rings. The van der Waals surface area contributed by atoms with Gasteiger partial charge in [-0.15, -0.1) is 0 Å². The zero-order valence-corrected chi connectivity index (χ0v) is 12.1. The summed E-state index contributed by atoms with van der Waals surface area (Å²) >= 11 is 0. The fourth-order valence-corrected chi connectivity index (χ4v) is 4.38. The van der Waals surface area contributed by atoms with Crippen molar-refractivity contribution in [3.8, 4) is 0 Å². The van der Waals surface area contributed by atoms with Crippen molar-refractivity contribution in [2.24, 2.45) is 11.8 Å². The van der Waals surface area contributed by atoms with Crippen molar-refractivity contribution in [2.45, 2.75) is 56.8 Å². The van der Waals surface area contributed by atoms with Gasteiger partial charge in [-0.3, -0.25) is 4.79 Å². The number of likely N-dealkylation sites (tertiary alicyclic amines) is 1. The number of fused-ring (bicyclic) bond motifs is 2. The van der Waals surface area contributed by atoms with E-state index in [9.17, 15) is 4.79 Å². The lowest BCUT2D eigenvalue weighted by Crippen LogP contribution is -2.73. The molecule has 1 spiro atoms. The molecule has 0 amide bonds. The van der Waals surface area contributed by atoms with Gasteiger partial charge in [0.2, 0.25) is 12.1 Å². The smallest absolute Gasteiger partial charge is 0.311 e. The maximum absolute atomic E-state index is 12.1. The van der Waals surface area contributed by atoms with E-state index in [1.165, 1.54) is 0 Å². The zero-order chi connectivity index (χ0) is 14.1. The molecule has 5 aliphatic heterocycles. The molecule has 5 aliphatic rings. The van der Waals surface area contributed by atoms with Crippen molar-refractivity contribution in [3.63, 3.8) is 0 Å². The average molecular weight is 283 g/mol. The van der Waals surface area contributed by atoms with Gasteiger partial charge in [-0.05, 0) is 33.4 Å². The van der Waals surface area contributed by atoms with E-state index in [0.29, 0.717) is 0 Å². The van der Waals surface area contributed by atoms with Gasteiger partial charge in [-0.25, -0.2) is 9.78 Å². The van der Waals surface area contributed by atoms with Crippen LogP contribution in [-0.4, -0.2) is 48.2 Å². The van der Waals surface area contributed by atoms with E-state index in [1.807, 2.05) is 13.8 Å². The number of piperidine rings is 1. The summed E-state index contributed by atoms with van der Waals surface area (Å²) in [6, 6.07) is 0.158. The van der Waals surface area contributed by atoms with E-state index >= 15 is 0 Å². The molecule has 6 atom stereocenters. The fraction of sp³-hybridized carbons (Fsp3) is 0.929. The van der Waals surface area contributed by atoms with Gasteiger partial charge in [-0.2, -0.15) is 0 Å². The quantitative estimate of drug-likeness (QED) is 0.489. The SMILES string of the molecule is C[C@H]1C(=O)O[C@@H]2O[C@@]3(C)CC[C@H]4N(C)CC[C@@H]1[C@]24OO3. The summed E-state index contributed by atoms with van der Waals surface area (Å²) in [5.41, 5.74) is -0.684. The van der Waals surface area contributed by atoms with E-state index in [0.717, 1.165) is 25.8 Å². The second kappa shape index (κ2) is 3.94. The summed E-state index contributed by atoms with van der Waals surface area (Å²) in [6.07, 6.45) is 1.89. The molecule has 5 saturated heterocycles. The Morgan fingerprint density at radius 3 is 2.90 bits per heavy atom. The molecule has 0 unspecified atom stereocenters. The van der Waals surface area contributed by atoms with Crippen LogP contribution in [0.1, 0.15) is 33.1 Å². The Hall–Kier alpha value is -0.690. The van der Waals surface area contributed by atoms with Gasteiger partial charge in [0.25, 0.3) is 0 Å². The molecule has 5 rings (SSSR count). The molecule has 112 valence electrons. The van der Waals surface area contributed by atoms with Crippen molar-refractivity contribution in [1.29, 1.82) is 0 Å². The highest BCUT2D eigenvalue weighted by atomic mass is 17.3. The van der Waals surface area contributed by atoms with E-state index in [4.69, 9.17) is 19.2 Å². The monoisotopic (exact) mass is 283 g/mol. The lowest BCUT2D eigenvalue weighted by Gasteiger charge is -2.58. The predicted molar refractivity (Wildman–Crippen MR) is 67.2 cm³/mol. The minimum absolute atomic E-state index is 0.0811. The summed E-state index contributed by atoms with van der Waals surface area (Å²) in [5.74, 6) is -1.11. The Bertz CT molecular complexity index is 457. The zero-order valence-electron chi connectivity index (χ0n) is 12.1. The Balaban J connectivity index is 1.84. The molecule has 0 saturated carbocycles. The predicted octanol–water partition coefficient (Wildman–Crippen LogP) is 1.05. The lowest BCUT2D eigenvalue weighted by molar-refractivity contribution is -0.557. The Labute approximate surface area is 118 Å². The van der Waals surface area contributed by atoms with Gasteiger partial charge in [-0.1, -0.05) is 6.92 Å². The molecule has 6 heteroatoms. The molecule has 0 radical (unpaired) electrons.